The van der Waals surface area contributed by atoms with Crippen molar-refractivity contribution in [3.63, 3.8) is 0 Å². The van der Waals surface area contributed by atoms with E-state index in [1.54, 1.807) is 0 Å². The maximum Gasteiger partial charge on any atom is 0.253 e. The molecule has 0 saturated carbocycles. The van der Waals surface area contributed by atoms with Gasteiger partial charge in [-0.3, -0.25) is 4.79 Å². The molecular weight excluding hydrogens is 384 g/mol. The van der Waals surface area contributed by atoms with Gasteiger partial charge in [0.2, 0.25) is 0 Å². The van der Waals surface area contributed by atoms with E-state index in [0.717, 1.165) is 56.8 Å². The first kappa shape index (κ1) is 21.9. The van der Waals surface area contributed by atoms with Gasteiger partial charge in [0.1, 0.15) is 11.4 Å². The van der Waals surface area contributed by atoms with Gasteiger partial charge in [-0.15, -0.1) is 0 Å². The Morgan fingerprint density at radius 1 is 1.06 bits per heavy atom. The van der Waals surface area contributed by atoms with E-state index in [2.05, 4.69) is 44.3 Å². The lowest BCUT2D eigenvalue weighted by molar-refractivity contribution is 0.0111. The molecule has 2 aromatic carbocycles. The molecule has 0 radical (unpaired) electrons. The average Bonchev–Trinajstić information content (AvgIpc) is 2.78. The van der Waals surface area contributed by atoms with Crippen LogP contribution in [0.5, 0.6) is 5.75 Å². The molecule has 0 bridgehead atoms. The lowest BCUT2D eigenvalue weighted by Gasteiger charge is -2.45. The third-order valence-electron chi connectivity index (χ3n) is 7.55. The van der Waals surface area contributed by atoms with Gasteiger partial charge in [-0.2, -0.15) is 0 Å². The molecule has 4 heteroatoms. The highest BCUT2D eigenvalue weighted by atomic mass is 16.5. The summed E-state index contributed by atoms with van der Waals surface area (Å²) in [5, 5.41) is 3.49. The summed E-state index contributed by atoms with van der Waals surface area (Å²) in [6.45, 7) is 14.2. The first-order valence-electron chi connectivity index (χ1n) is 11.8. The normalized spacial score (nSPS) is 19.6. The molecule has 0 aromatic heterocycles. The molecule has 2 aliphatic heterocycles. The molecule has 1 saturated heterocycles. The lowest BCUT2D eigenvalue weighted by Crippen LogP contribution is -2.49. The van der Waals surface area contributed by atoms with E-state index < -0.39 is 0 Å². The molecule has 4 nitrogen and oxygen atoms in total. The molecule has 1 fully saturated rings. The van der Waals surface area contributed by atoms with Crippen LogP contribution in [0.3, 0.4) is 0 Å². The molecule has 2 heterocycles. The van der Waals surface area contributed by atoms with E-state index in [1.165, 1.54) is 27.8 Å². The molecule has 1 N–H and O–H groups in total. The quantitative estimate of drug-likeness (QED) is 0.745. The van der Waals surface area contributed by atoms with Crippen LogP contribution in [0.15, 0.2) is 30.3 Å². The number of nitrogens with zero attached hydrogens (tertiary/aromatic N) is 1. The van der Waals surface area contributed by atoms with Crippen LogP contribution in [-0.4, -0.2) is 42.6 Å². The van der Waals surface area contributed by atoms with Crippen LogP contribution < -0.4 is 10.1 Å². The van der Waals surface area contributed by atoms with Crippen LogP contribution in [0.1, 0.15) is 77.2 Å². The molecule has 2 aromatic rings. The largest absolute Gasteiger partial charge is 0.487 e. The van der Waals surface area contributed by atoms with Gasteiger partial charge in [-0.1, -0.05) is 12.1 Å². The minimum atomic E-state index is -0.104. The van der Waals surface area contributed by atoms with Gasteiger partial charge in [0.25, 0.3) is 5.91 Å². The number of amides is 1. The summed E-state index contributed by atoms with van der Waals surface area (Å²) in [7, 11) is 0. The number of ether oxygens (including phenoxy) is 1. The number of benzene rings is 2. The molecule has 1 atom stereocenters. The van der Waals surface area contributed by atoms with Crippen molar-refractivity contribution in [2.75, 3.05) is 26.2 Å². The van der Waals surface area contributed by atoms with Gasteiger partial charge in [0.05, 0.1) is 0 Å². The Balaban J connectivity index is 1.75. The van der Waals surface area contributed by atoms with E-state index >= 15 is 0 Å². The van der Waals surface area contributed by atoms with Gasteiger partial charge < -0.3 is 15.0 Å². The van der Waals surface area contributed by atoms with Crippen molar-refractivity contribution in [1.29, 1.82) is 0 Å². The van der Waals surface area contributed by atoms with E-state index in [1.807, 2.05) is 30.9 Å². The van der Waals surface area contributed by atoms with Gasteiger partial charge in [0.15, 0.2) is 0 Å². The molecule has 1 amide bonds. The number of hydrogen-bond donors (Lipinski definition) is 1. The number of carbonyl (C=O) groups is 1. The first-order chi connectivity index (χ1) is 14.9. The van der Waals surface area contributed by atoms with E-state index in [9.17, 15) is 4.79 Å². The summed E-state index contributed by atoms with van der Waals surface area (Å²) in [6.07, 6.45) is 3.06. The van der Waals surface area contributed by atoms with Gasteiger partial charge in [0, 0.05) is 30.1 Å². The van der Waals surface area contributed by atoms with Crippen molar-refractivity contribution in [1.82, 2.24) is 10.2 Å². The van der Waals surface area contributed by atoms with Gasteiger partial charge >= 0.3 is 0 Å². The standard InChI is InChI=1S/C27H36N2O2/c1-6-29(7-2)26(30)22-10-8-21(9-11-22)23-17-27(12-14-28-15-13-27)31-24-16-18(3)19(4)20(5)25(23)24/h8-11,16,23,28H,6-7,12-15,17H2,1-5H3. The second kappa shape index (κ2) is 8.66. The number of aryl methyl sites for hydroxylation is 1. The maximum absolute atomic E-state index is 12.8. The van der Waals surface area contributed by atoms with Crippen LogP contribution in [0, 0.1) is 20.8 Å². The third kappa shape index (κ3) is 3.98. The van der Waals surface area contributed by atoms with Crippen LogP contribution in [0.25, 0.3) is 0 Å². The predicted molar refractivity (Wildman–Crippen MR) is 126 cm³/mol. The van der Waals surface area contributed by atoms with Crippen LogP contribution in [0.4, 0.5) is 0 Å². The smallest absolute Gasteiger partial charge is 0.253 e. The Kier molecular flexibility index (Phi) is 6.11. The number of fused-ring (bicyclic) bond motifs is 1. The number of rotatable bonds is 4. The zero-order valence-electron chi connectivity index (χ0n) is 19.7. The number of piperidine rings is 1. The number of hydrogen-bond acceptors (Lipinski definition) is 3. The topological polar surface area (TPSA) is 41.6 Å². The highest BCUT2D eigenvalue weighted by Crippen LogP contribution is 2.49. The zero-order valence-corrected chi connectivity index (χ0v) is 19.7. The van der Waals surface area contributed by atoms with Crippen molar-refractivity contribution in [3.05, 3.63) is 63.7 Å². The molecule has 2 aliphatic rings. The Bertz CT molecular complexity index is 954. The SMILES string of the molecule is CCN(CC)C(=O)c1ccc(C2CC3(CCNCC3)Oc3cc(C)c(C)c(C)c32)cc1. The molecule has 1 unspecified atom stereocenters. The summed E-state index contributed by atoms with van der Waals surface area (Å²) in [5.74, 6) is 1.46. The maximum atomic E-state index is 12.8. The van der Waals surface area contributed by atoms with Gasteiger partial charge in [-0.25, -0.2) is 0 Å². The summed E-state index contributed by atoms with van der Waals surface area (Å²) < 4.78 is 6.75. The first-order valence-corrected chi connectivity index (χ1v) is 11.8. The molecule has 4 rings (SSSR count). The molecule has 31 heavy (non-hydrogen) atoms. The second-order valence-electron chi connectivity index (χ2n) is 9.25. The van der Waals surface area contributed by atoms with Crippen molar-refractivity contribution >= 4 is 5.91 Å². The molecule has 0 aliphatic carbocycles. The van der Waals surface area contributed by atoms with Gasteiger partial charge in [-0.05, 0) is 107 Å². The fourth-order valence-electron chi connectivity index (χ4n) is 5.36. The fourth-order valence-corrected chi connectivity index (χ4v) is 5.36. The Labute approximate surface area is 187 Å². The number of nitrogens with one attached hydrogen (secondary N) is 1. The molecule has 166 valence electrons. The minimum Gasteiger partial charge on any atom is -0.487 e. The highest BCUT2D eigenvalue weighted by molar-refractivity contribution is 5.94. The predicted octanol–water partition coefficient (Wildman–Crippen LogP) is 5.13. The monoisotopic (exact) mass is 420 g/mol. The van der Waals surface area contributed by atoms with Crippen LogP contribution in [-0.2, 0) is 0 Å². The summed E-state index contributed by atoms with van der Waals surface area (Å²) in [6, 6.07) is 10.6. The van der Waals surface area contributed by atoms with E-state index in [-0.39, 0.29) is 11.5 Å². The summed E-state index contributed by atoms with van der Waals surface area (Å²) >= 11 is 0. The van der Waals surface area contributed by atoms with Crippen molar-refractivity contribution in [2.45, 2.75) is 65.4 Å². The van der Waals surface area contributed by atoms with E-state index in [4.69, 9.17) is 4.74 Å². The fraction of sp³-hybridized carbons (Fsp3) is 0.519. The van der Waals surface area contributed by atoms with Crippen molar-refractivity contribution in [2.24, 2.45) is 0 Å². The highest BCUT2D eigenvalue weighted by Gasteiger charge is 2.43. The lowest BCUT2D eigenvalue weighted by atomic mass is 9.73. The molecular formula is C27H36N2O2. The van der Waals surface area contributed by atoms with Crippen molar-refractivity contribution in [3.8, 4) is 5.75 Å². The Morgan fingerprint density at radius 2 is 1.71 bits per heavy atom. The minimum absolute atomic E-state index is 0.104. The third-order valence-corrected chi connectivity index (χ3v) is 7.55. The average molecular weight is 421 g/mol. The van der Waals surface area contributed by atoms with Crippen LogP contribution in [0.2, 0.25) is 0 Å². The molecule has 1 spiro atoms. The Morgan fingerprint density at radius 3 is 2.32 bits per heavy atom. The zero-order chi connectivity index (χ0) is 22.2. The number of carbonyl (C=O) groups excluding carboxylic acids is 1. The summed E-state index contributed by atoms with van der Waals surface area (Å²) in [4.78, 5) is 14.6. The second-order valence-corrected chi connectivity index (χ2v) is 9.25. The van der Waals surface area contributed by atoms with Crippen molar-refractivity contribution < 1.29 is 9.53 Å². The summed E-state index contributed by atoms with van der Waals surface area (Å²) in [5.41, 5.74) is 7.26. The Hall–Kier alpha value is -2.33. The van der Waals surface area contributed by atoms with E-state index in [0.29, 0.717) is 5.92 Å². The van der Waals surface area contributed by atoms with Crippen LogP contribution >= 0.6 is 0 Å².